The molecule has 96 valence electrons. The number of halogens is 2. The molecule has 0 aliphatic rings. The van der Waals surface area contributed by atoms with Gasteiger partial charge in [0.2, 0.25) is 5.95 Å². The highest BCUT2D eigenvalue weighted by Gasteiger charge is 2.09. The minimum atomic E-state index is -0.328. The van der Waals surface area contributed by atoms with Crippen LogP contribution in [-0.2, 0) is 11.3 Å². The Hall–Kier alpha value is -1.40. The summed E-state index contributed by atoms with van der Waals surface area (Å²) in [5, 5.41) is 2.97. The molecule has 0 radical (unpaired) electrons. The molecule has 0 bridgehead atoms. The molecule has 0 aliphatic carbocycles. The summed E-state index contributed by atoms with van der Waals surface area (Å²) in [6.07, 6.45) is 3.48. The van der Waals surface area contributed by atoms with Gasteiger partial charge in [-0.1, -0.05) is 6.07 Å². The molecule has 1 aromatic carbocycles. The average molecular weight is 314 g/mol. The van der Waals surface area contributed by atoms with Crippen LogP contribution in [0.25, 0.3) is 0 Å². The van der Waals surface area contributed by atoms with E-state index in [1.165, 1.54) is 6.07 Å². The average Bonchev–Trinajstić information content (AvgIpc) is 2.79. The van der Waals surface area contributed by atoms with Gasteiger partial charge in [-0.15, -0.1) is 0 Å². The fourth-order valence-corrected chi connectivity index (χ4v) is 1.97. The lowest BCUT2D eigenvalue weighted by Crippen LogP contribution is -2.08. The van der Waals surface area contributed by atoms with Gasteiger partial charge < -0.3 is 14.6 Å². The number of hydrogen-bond donors (Lipinski definition) is 1. The Balaban J connectivity index is 2.21. The fourth-order valence-electron chi connectivity index (χ4n) is 1.53. The molecule has 0 atom stereocenters. The van der Waals surface area contributed by atoms with Crippen LogP contribution in [0, 0.1) is 5.82 Å². The van der Waals surface area contributed by atoms with E-state index < -0.39 is 0 Å². The Kier molecular flexibility index (Phi) is 4.33. The van der Waals surface area contributed by atoms with Crippen LogP contribution in [0.15, 0.2) is 35.1 Å². The lowest BCUT2D eigenvalue weighted by molar-refractivity contribution is 0.188. The first-order valence-corrected chi connectivity index (χ1v) is 6.23. The van der Waals surface area contributed by atoms with Crippen LogP contribution in [0.3, 0.4) is 0 Å². The van der Waals surface area contributed by atoms with E-state index in [2.05, 4.69) is 26.2 Å². The molecular weight excluding hydrogens is 301 g/mol. The highest BCUT2D eigenvalue weighted by atomic mass is 79.9. The Bertz CT molecular complexity index is 510. The highest BCUT2D eigenvalue weighted by Crippen LogP contribution is 2.27. The molecule has 0 unspecified atom stereocenters. The summed E-state index contributed by atoms with van der Waals surface area (Å²) >= 11 is 3.31. The molecule has 2 rings (SSSR count). The molecule has 6 heteroatoms. The van der Waals surface area contributed by atoms with Crippen LogP contribution in [-0.4, -0.2) is 23.3 Å². The van der Waals surface area contributed by atoms with Crippen LogP contribution in [0.4, 0.5) is 16.0 Å². The van der Waals surface area contributed by atoms with Gasteiger partial charge >= 0.3 is 0 Å². The molecule has 4 nitrogen and oxygen atoms in total. The largest absolute Gasteiger partial charge is 0.383 e. The number of rotatable bonds is 5. The topological polar surface area (TPSA) is 39.1 Å². The van der Waals surface area contributed by atoms with E-state index in [0.717, 1.165) is 0 Å². The molecule has 0 fully saturated rings. The summed E-state index contributed by atoms with van der Waals surface area (Å²) in [6.45, 7) is 1.23. The number of methoxy groups -OCH3 is 1. The van der Waals surface area contributed by atoms with Crippen molar-refractivity contribution in [2.45, 2.75) is 6.54 Å². The number of aromatic nitrogens is 2. The zero-order valence-corrected chi connectivity index (χ0v) is 11.4. The molecule has 18 heavy (non-hydrogen) atoms. The molecule has 2 aromatic rings. The lowest BCUT2D eigenvalue weighted by Gasteiger charge is -2.11. The SMILES string of the molecule is COCCn1ccnc1Nc1c(F)cccc1Br. The summed E-state index contributed by atoms with van der Waals surface area (Å²) in [4.78, 5) is 4.16. The van der Waals surface area contributed by atoms with Crippen molar-refractivity contribution in [2.24, 2.45) is 0 Å². The normalized spacial score (nSPS) is 10.6. The van der Waals surface area contributed by atoms with E-state index in [-0.39, 0.29) is 5.82 Å². The molecule has 0 saturated carbocycles. The number of hydrogen-bond acceptors (Lipinski definition) is 3. The zero-order valence-electron chi connectivity index (χ0n) is 9.86. The molecule has 0 spiro atoms. The Morgan fingerprint density at radius 2 is 2.33 bits per heavy atom. The molecule has 0 aliphatic heterocycles. The fraction of sp³-hybridized carbons (Fsp3) is 0.250. The number of benzene rings is 1. The van der Waals surface area contributed by atoms with Crippen molar-refractivity contribution in [3.63, 3.8) is 0 Å². The molecule has 1 N–H and O–H groups in total. The van der Waals surface area contributed by atoms with Gasteiger partial charge in [0.05, 0.1) is 12.3 Å². The van der Waals surface area contributed by atoms with E-state index >= 15 is 0 Å². The minimum absolute atomic E-state index is 0.328. The van der Waals surface area contributed by atoms with Crippen molar-refractivity contribution in [3.8, 4) is 0 Å². The first kappa shape index (κ1) is 13.0. The zero-order chi connectivity index (χ0) is 13.0. The highest BCUT2D eigenvalue weighted by molar-refractivity contribution is 9.10. The summed E-state index contributed by atoms with van der Waals surface area (Å²) in [6, 6.07) is 4.81. The number of imidazole rings is 1. The van der Waals surface area contributed by atoms with Crippen molar-refractivity contribution < 1.29 is 9.13 Å². The van der Waals surface area contributed by atoms with Crippen LogP contribution in [0.5, 0.6) is 0 Å². The van der Waals surface area contributed by atoms with Crippen LogP contribution >= 0.6 is 15.9 Å². The molecule has 0 saturated heterocycles. The van der Waals surface area contributed by atoms with Gasteiger partial charge in [-0.2, -0.15) is 0 Å². The Morgan fingerprint density at radius 1 is 1.50 bits per heavy atom. The third-order valence-corrected chi connectivity index (χ3v) is 3.11. The number of para-hydroxylation sites is 1. The first-order valence-electron chi connectivity index (χ1n) is 5.43. The van der Waals surface area contributed by atoms with Crippen molar-refractivity contribution in [3.05, 3.63) is 40.9 Å². The van der Waals surface area contributed by atoms with E-state index in [9.17, 15) is 4.39 Å². The van der Waals surface area contributed by atoms with Gasteiger partial charge in [-0.25, -0.2) is 9.37 Å². The quantitative estimate of drug-likeness (QED) is 0.921. The van der Waals surface area contributed by atoms with Gasteiger partial charge in [-0.3, -0.25) is 0 Å². The third-order valence-electron chi connectivity index (χ3n) is 2.45. The number of anilines is 2. The van der Waals surface area contributed by atoms with Gasteiger partial charge in [0.1, 0.15) is 5.82 Å². The summed E-state index contributed by atoms with van der Waals surface area (Å²) in [5.74, 6) is 0.253. The maximum Gasteiger partial charge on any atom is 0.207 e. The predicted molar refractivity (Wildman–Crippen MR) is 71.5 cm³/mol. The minimum Gasteiger partial charge on any atom is -0.383 e. The number of nitrogens with zero attached hydrogens (tertiary/aromatic N) is 2. The van der Waals surface area contributed by atoms with E-state index in [4.69, 9.17) is 4.74 Å². The van der Waals surface area contributed by atoms with Gasteiger partial charge in [-0.05, 0) is 28.1 Å². The maximum atomic E-state index is 13.7. The van der Waals surface area contributed by atoms with Crippen molar-refractivity contribution in [1.82, 2.24) is 9.55 Å². The number of nitrogens with one attached hydrogen (secondary N) is 1. The van der Waals surface area contributed by atoms with Crippen molar-refractivity contribution in [1.29, 1.82) is 0 Å². The molecule has 1 aromatic heterocycles. The van der Waals surface area contributed by atoms with Crippen molar-refractivity contribution >= 4 is 27.6 Å². The monoisotopic (exact) mass is 313 g/mol. The second-order valence-electron chi connectivity index (χ2n) is 3.66. The first-order chi connectivity index (χ1) is 8.72. The smallest absolute Gasteiger partial charge is 0.207 e. The van der Waals surface area contributed by atoms with Crippen molar-refractivity contribution in [2.75, 3.05) is 19.0 Å². The predicted octanol–water partition coefficient (Wildman–Crippen LogP) is 3.17. The Morgan fingerprint density at radius 3 is 3.06 bits per heavy atom. The van der Waals surface area contributed by atoms with Gasteiger partial charge in [0.25, 0.3) is 0 Å². The third kappa shape index (κ3) is 2.88. The second-order valence-corrected chi connectivity index (χ2v) is 4.51. The van der Waals surface area contributed by atoms with E-state index in [1.807, 2.05) is 10.8 Å². The second kappa shape index (κ2) is 5.97. The maximum absolute atomic E-state index is 13.7. The summed E-state index contributed by atoms with van der Waals surface area (Å²) < 4.78 is 21.2. The Labute approximate surface area is 113 Å². The lowest BCUT2D eigenvalue weighted by atomic mass is 10.3. The molecule has 1 heterocycles. The standard InChI is InChI=1S/C12H13BrFN3O/c1-18-8-7-17-6-5-15-12(17)16-11-9(13)3-2-4-10(11)14/h2-6H,7-8H2,1H3,(H,15,16). The van der Waals surface area contributed by atoms with E-state index in [0.29, 0.717) is 29.3 Å². The number of ether oxygens (including phenoxy) is 1. The van der Waals surface area contributed by atoms with Crippen LogP contribution in [0.1, 0.15) is 0 Å². The molecule has 0 amide bonds. The van der Waals surface area contributed by atoms with Gasteiger partial charge in [0, 0.05) is 30.5 Å². The van der Waals surface area contributed by atoms with Crippen LogP contribution < -0.4 is 5.32 Å². The van der Waals surface area contributed by atoms with E-state index in [1.54, 1.807) is 25.4 Å². The van der Waals surface area contributed by atoms with Gasteiger partial charge in [0.15, 0.2) is 0 Å². The van der Waals surface area contributed by atoms with Crippen LogP contribution in [0.2, 0.25) is 0 Å². The summed E-state index contributed by atoms with van der Waals surface area (Å²) in [7, 11) is 1.64. The molecular formula is C12H13BrFN3O. The summed E-state index contributed by atoms with van der Waals surface area (Å²) in [5.41, 5.74) is 0.377.